The van der Waals surface area contributed by atoms with Gasteiger partial charge in [0.2, 0.25) is 11.8 Å². The number of halogens is 1. The lowest BCUT2D eigenvalue weighted by Gasteiger charge is -2.43. The number of rotatable bonds is 5. The Hall–Kier alpha value is -3.14. The van der Waals surface area contributed by atoms with E-state index in [4.69, 9.17) is 4.74 Å². The molecule has 2 aliphatic heterocycles. The number of hydrogen-bond acceptors (Lipinski definition) is 6. The van der Waals surface area contributed by atoms with Gasteiger partial charge in [-0.15, -0.1) is 11.8 Å². The second kappa shape index (κ2) is 9.71. The van der Waals surface area contributed by atoms with Gasteiger partial charge < -0.3 is 9.72 Å². The van der Waals surface area contributed by atoms with Crippen LogP contribution in [0.2, 0.25) is 0 Å². The Bertz CT molecular complexity index is 1720. The molecule has 1 aromatic heterocycles. The van der Waals surface area contributed by atoms with Crippen LogP contribution in [0.4, 0.5) is 5.69 Å². The number of imide groups is 1. The van der Waals surface area contributed by atoms with Crippen molar-refractivity contribution < 1.29 is 14.3 Å². The lowest BCUT2D eigenvalue weighted by atomic mass is 9.68. The van der Waals surface area contributed by atoms with Crippen molar-refractivity contribution >= 4 is 56.5 Å². The zero-order valence-electron chi connectivity index (χ0n) is 21.7. The predicted molar refractivity (Wildman–Crippen MR) is 162 cm³/mol. The number of H-pyrrole nitrogens is 1. The van der Waals surface area contributed by atoms with Crippen molar-refractivity contribution in [2.75, 3.05) is 4.90 Å². The first kappa shape index (κ1) is 25.6. The van der Waals surface area contributed by atoms with Gasteiger partial charge in [0.25, 0.3) is 0 Å². The summed E-state index contributed by atoms with van der Waals surface area (Å²) in [5.74, 6) is 0.374. The molecule has 3 aromatic carbocycles. The van der Waals surface area contributed by atoms with E-state index in [0.29, 0.717) is 12.3 Å². The maximum Gasteiger partial charge on any atom is 0.305 e. The minimum absolute atomic E-state index is 0.0102. The molecule has 4 aliphatic rings. The van der Waals surface area contributed by atoms with Gasteiger partial charge >= 0.3 is 4.87 Å². The molecule has 0 unspecified atom stereocenters. The summed E-state index contributed by atoms with van der Waals surface area (Å²) in [5, 5.41) is 1.08. The van der Waals surface area contributed by atoms with Crippen molar-refractivity contribution in [1.82, 2.24) is 4.98 Å². The fraction of sp³-hybridized carbons (Fsp3) is 0.281. The van der Waals surface area contributed by atoms with E-state index in [0.717, 1.165) is 37.7 Å². The summed E-state index contributed by atoms with van der Waals surface area (Å²) in [6.45, 7) is 0.492. The minimum atomic E-state index is -0.314. The molecule has 1 N–H and O–H groups in total. The highest BCUT2D eigenvalue weighted by molar-refractivity contribution is 9.10. The number of benzene rings is 3. The molecule has 2 amide bonds. The molecule has 9 heteroatoms. The van der Waals surface area contributed by atoms with E-state index in [-0.39, 0.29) is 57.4 Å². The molecule has 7 atom stereocenters. The number of ether oxygens (including phenoxy) is 1. The molecule has 2 bridgehead atoms. The van der Waals surface area contributed by atoms with Crippen molar-refractivity contribution in [2.45, 2.75) is 29.2 Å². The Kier molecular flexibility index (Phi) is 6.05. The van der Waals surface area contributed by atoms with Crippen molar-refractivity contribution in [2.24, 2.45) is 29.6 Å². The quantitative estimate of drug-likeness (QED) is 0.252. The van der Waals surface area contributed by atoms with E-state index in [1.54, 1.807) is 11.8 Å². The van der Waals surface area contributed by atoms with Crippen LogP contribution in [0.15, 0.2) is 93.2 Å². The number of anilines is 1. The van der Waals surface area contributed by atoms with Gasteiger partial charge in [-0.1, -0.05) is 69.7 Å². The van der Waals surface area contributed by atoms with Crippen molar-refractivity contribution in [3.8, 4) is 5.75 Å². The largest absolute Gasteiger partial charge is 0.489 e. The molecule has 3 heterocycles. The van der Waals surface area contributed by atoms with Crippen molar-refractivity contribution in [3.05, 3.63) is 109 Å². The maximum atomic E-state index is 13.9. The standard InChI is InChI=1S/C32H25BrN2O4S2/c33-18-8-10-19(11-9-18)35-30(36)25-21-14-22(26(25)31(35)37)27-24(21)23(28-29(40-27)34-32(38)41-28)17-6-12-20(13-7-17)39-15-16-4-2-1-3-5-16/h1-13,21-27H,14-15H2,(H,34,38)/t21-,22-,23+,24+,25+,26+,27-/m1/s1. The van der Waals surface area contributed by atoms with Gasteiger partial charge in [0.15, 0.2) is 0 Å². The number of aromatic amines is 1. The molecule has 2 aliphatic carbocycles. The third-order valence-electron chi connectivity index (χ3n) is 9.30. The fourth-order valence-corrected chi connectivity index (χ4v) is 10.9. The van der Waals surface area contributed by atoms with E-state index >= 15 is 0 Å². The molecular weight excluding hydrogens is 620 g/mol. The van der Waals surface area contributed by atoms with E-state index in [1.165, 1.54) is 16.2 Å². The highest BCUT2D eigenvalue weighted by atomic mass is 79.9. The Morgan fingerprint density at radius 1 is 0.878 bits per heavy atom. The Labute approximate surface area is 253 Å². The highest BCUT2D eigenvalue weighted by Gasteiger charge is 2.69. The number of hydrogen-bond donors (Lipinski definition) is 1. The Morgan fingerprint density at radius 2 is 1.59 bits per heavy atom. The molecule has 4 aromatic rings. The average molecular weight is 646 g/mol. The van der Waals surface area contributed by atoms with Crippen LogP contribution in [0.5, 0.6) is 5.75 Å². The van der Waals surface area contributed by atoms with Crippen molar-refractivity contribution in [3.63, 3.8) is 0 Å². The molecule has 6 nitrogen and oxygen atoms in total. The van der Waals surface area contributed by atoms with Crippen LogP contribution in [0.1, 0.15) is 28.3 Å². The second-order valence-electron chi connectivity index (χ2n) is 11.3. The summed E-state index contributed by atoms with van der Waals surface area (Å²) in [6, 6.07) is 25.7. The molecule has 8 rings (SSSR count). The SMILES string of the molecule is O=C1[C@H]2[C@H]3C[C@@H]([C@@H]2C(=O)N1c1ccc(Br)cc1)[C@H]1[C@H](c2ccc(OCc4ccccc4)cc2)c2sc(=O)[nH]c2S[C@H]31. The lowest BCUT2D eigenvalue weighted by molar-refractivity contribution is -0.123. The smallest absolute Gasteiger partial charge is 0.305 e. The second-order valence-corrected chi connectivity index (χ2v) is 14.4. The minimum Gasteiger partial charge on any atom is -0.489 e. The van der Waals surface area contributed by atoms with Gasteiger partial charge in [0.05, 0.1) is 22.5 Å². The number of carbonyl (C=O) groups excluding carboxylic acids is 2. The Morgan fingerprint density at radius 3 is 2.32 bits per heavy atom. The van der Waals surface area contributed by atoms with Gasteiger partial charge in [0, 0.05) is 20.5 Å². The summed E-state index contributed by atoms with van der Waals surface area (Å²) in [4.78, 5) is 45.7. The third kappa shape index (κ3) is 4.00. The maximum absolute atomic E-state index is 13.9. The molecule has 0 radical (unpaired) electrons. The number of fused-ring (bicyclic) bond motifs is 9. The normalized spacial score (nSPS) is 29.4. The van der Waals surface area contributed by atoms with Gasteiger partial charge in [-0.05, 0) is 71.7 Å². The number of thiazole rings is 1. The van der Waals surface area contributed by atoms with Crippen LogP contribution < -0.4 is 14.5 Å². The monoisotopic (exact) mass is 644 g/mol. The summed E-state index contributed by atoms with van der Waals surface area (Å²) in [7, 11) is 0. The topological polar surface area (TPSA) is 79.5 Å². The lowest BCUT2D eigenvalue weighted by Crippen LogP contribution is -2.42. The summed E-state index contributed by atoms with van der Waals surface area (Å²) in [6.07, 6.45) is 0.872. The van der Waals surface area contributed by atoms with Crippen LogP contribution in [-0.4, -0.2) is 22.0 Å². The molecule has 41 heavy (non-hydrogen) atoms. The first-order valence-electron chi connectivity index (χ1n) is 13.8. The fourth-order valence-electron chi connectivity index (χ4n) is 7.75. The van der Waals surface area contributed by atoms with Gasteiger partial charge in [-0.2, -0.15) is 0 Å². The molecule has 0 spiro atoms. The van der Waals surface area contributed by atoms with Gasteiger partial charge in [0.1, 0.15) is 12.4 Å². The van der Waals surface area contributed by atoms with E-state index in [9.17, 15) is 14.4 Å². The highest BCUT2D eigenvalue weighted by Crippen LogP contribution is 2.68. The third-order valence-corrected chi connectivity index (χ3v) is 12.4. The molecule has 2 saturated carbocycles. The van der Waals surface area contributed by atoms with Crippen LogP contribution >= 0.6 is 39.0 Å². The first-order chi connectivity index (χ1) is 20.0. The number of thioether (sulfide) groups is 1. The first-order valence-corrected chi connectivity index (χ1v) is 16.3. The summed E-state index contributed by atoms with van der Waals surface area (Å²) < 4.78 is 6.94. The van der Waals surface area contributed by atoms with Crippen LogP contribution in [-0.2, 0) is 16.2 Å². The van der Waals surface area contributed by atoms with Crippen LogP contribution in [0, 0.1) is 29.6 Å². The van der Waals surface area contributed by atoms with Crippen LogP contribution in [0.3, 0.4) is 0 Å². The summed E-state index contributed by atoms with van der Waals surface area (Å²) >= 11 is 6.44. The van der Waals surface area contributed by atoms with E-state index in [1.807, 2.05) is 66.7 Å². The predicted octanol–water partition coefficient (Wildman–Crippen LogP) is 6.46. The molecular formula is C32H25BrN2O4S2. The van der Waals surface area contributed by atoms with Gasteiger partial charge in [-0.3, -0.25) is 19.3 Å². The van der Waals surface area contributed by atoms with E-state index < -0.39 is 0 Å². The number of amides is 2. The molecule has 3 fully saturated rings. The van der Waals surface area contributed by atoms with Crippen LogP contribution in [0.25, 0.3) is 0 Å². The number of nitrogens with zero attached hydrogens (tertiary/aromatic N) is 1. The summed E-state index contributed by atoms with van der Waals surface area (Å²) in [5.41, 5.74) is 2.86. The Balaban J connectivity index is 1.13. The number of carbonyl (C=O) groups is 2. The zero-order valence-corrected chi connectivity index (χ0v) is 25.0. The number of aromatic nitrogens is 1. The van der Waals surface area contributed by atoms with E-state index in [2.05, 4.69) is 33.0 Å². The van der Waals surface area contributed by atoms with Gasteiger partial charge in [-0.25, -0.2) is 0 Å². The van der Waals surface area contributed by atoms with Crippen molar-refractivity contribution in [1.29, 1.82) is 0 Å². The zero-order chi connectivity index (χ0) is 27.8. The molecule has 1 saturated heterocycles. The molecule has 206 valence electrons. The average Bonchev–Trinajstić information content (AvgIpc) is 3.72. The number of nitrogens with one attached hydrogen (secondary N) is 1.